The first kappa shape index (κ1) is 18.7. The molecule has 2 aromatic carbocycles. The van der Waals surface area contributed by atoms with E-state index in [-0.39, 0.29) is 11.8 Å². The predicted octanol–water partition coefficient (Wildman–Crippen LogP) is 3.48. The first-order valence-corrected chi connectivity index (χ1v) is 8.99. The standard InChI is InChI=1S/C19H19Cl2N3O2/c1-24(10-13-2-5-14(20)9-15(13)21)19(26)12-4-7-17-11(8-12)3-6-16(22)18(25)23-17/h2,4-5,7-9,16H,3,6,10,22H2,1H3,(H,23,25). The van der Waals surface area contributed by atoms with Crippen molar-refractivity contribution in [3.63, 3.8) is 0 Å². The molecule has 0 aliphatic carbocycles. The number of amides is 2. The van der Waals surface area contributed by atoms with Gasteiger partial charge in [0.1, 0.15) is 0 Å². The minimum Gasteiger partial charge on any atom is -0.337 e. The van der Waals surface area contributed by atoms with Gasteiger partial charge in [0, 0.05) is 34.9 Å². The fourth-order valence-corrected chi connectivity index (χ4v) is 3.39. The Labute approximate surface area is 162 Å². The van der Waals surface area contributed by atoms with Gasteiger partial charge in [-0.25, -0.2) is 0 Å². The highest BCUT2D eigenvalue weighted by Crippen LogP contribution is 2.25. The Morgan fingerprint density at radius 3 is 2.77 bits per heavy atom. The Hall–Kier alpha value is -2.08. The molecule has 2 aromatic rings. The number of anilines is 1. The van der Waals surface area contributed by atoms with Gasteiger partial charge in [-0.05, 0) is 54.3 Å². The number of hydrogen-bond acceptors (Lipinski definition) is 3. The van der Waals surface area contributed by atoms with Crippen LogP contribution in [0, 0.1) is 0 Å². The fraction of sp³-hybridized carbons (Fsp3) is 0.263. The molecule has 0 bridgehead atoms. The Bertz CT molecular complexity index is 870. The molecule has 26 heavy (non-hydrogen) atoms. The monoisotopic (exact) mass is 391 g/mol. The molecule has 0 aromatic heterocycles. The van der Waals surface area contributed by atoms with Crippen LogP contribution in [-0.4, -0.2) is 29.8 Å². The van der Waals surface area contributed by atoms with Crippen molar-refractivity contribution in [2.24, 2.45) is 5.73 Å². The Morgan fingerprint density at radius 2 is 2.04 bits per heavy atom. The number of aryl methyl sites for hydroxylation is 1. The summed E-state index contributed by atoms with van der Waals surface area (Å²) < 4.78 is 0. The highest BCUT2D eigenvalue weighted by molar-refractivity contribution is 6.35. The molecule has 1 heterocycles. The van der Waals surface area contributed by atoms with E-state index in [4.69, 9.17) is 28.9 Å². The number of nitrogens with two attached hydrogens (primary N) is 1. The van der Waals surface area contributed by atoms with Crippen molar-refractivity contribution in [1.29, 1.82) is 0 Å². The van der Waals surface area contributed by atoms with Crippen LogP contribution < -0.4 is 11.1 Å². The number of carbonyl (C=O) groups is 2. The van der Waals surface area contributed by atoms with Crippen LogP contribution in [0.4, 0.5) is 5.69 Å². The average molecular weight is 392 g/mol. The minimum absolute atomic E-state index is 0.126. The van der Waals surface area contributed by atoms with Gasteiger partial charge in [0.25, 0.3) is 5.91 Å². The Morgan fingerprint density at radius 1 is 1.27 bits per heavy atom. The molecule has 0 spiro atoms. The number of nitrogens with zero attached hydrogens (tertiary/aromatic N) is 1. The maximum absolute atomic E-state index is 12.8. The highest BCUT2D eigenvalue weighted by Gasteiger charge is 2.22. The van der Waals surface area contributed by atoms with Crippen molar-refractivity contribution >= 4 is 40.7 Å². The highest BCUT2D eigenvalue weighted by atomic mass is 35.5. The zero-order valence-electron chi connectivity index (χ0n) is 14.3. The molecule has 136 valence electrons. The number of benzene rings is 2. The van der Waals surface area contributed by atoms with Crippen LogP contribution in [0.5, 0.6) is 0 Å². The second-order valence-electron chi connectivity index (χ2n) is 6.40. The van der Waals surface area contributed by atoms with Crippen LogP contribution in [0.1, 0.15) is 27.9 Å². The third kappa shape index (κ3) is 4.01. The Kier molecular flexibility index (Phi) is 5.51. The topological polar surface area (TPSA) is 75.4 Å². The molecule has 0 fully saturated rings. The summed E-state index contributed by atoms with van der Waals surface area (Å²) in [7, 11) is 1.72. The molecular weight excluding hydrogens is 373 g/mol. The number of nitrogens with one attached hydrogen (secondary N) is 1. The van der Waals surface area contributed by atoms with E-state index < -0.39 is 6.04 Å². The van der Waals surface area contributed by atoms with Crippen molar-refractivity contribution in [1.82, 2.24) is 4.90 Å². The zero-order valence-corrected chi connectivity index (χ0v) is 15.8. The van der Waals surface area contributed by atoms with Crippen molar-refractivity contribution in [2.45, 2.75) is 25.4 Å². The maximum Gasteiger partial charge on any atom is 0.253 e. The summed E-state index contributed by atoms with van der Waals surface area (Å²) in [5, 5.41) is 3.88. The SMILES string of the molecule is CN(Cc1ccc(Cl)cc1Cl)C(=O)c1ccc2c(c1)CCC(N)C(=O)N2. The molecule has 0 radical (unpaired) electrons. The van der Waals surface area contributed by atoms with Crippen LogP contribution in [0.15, 0.2) is 36.4 Å². The molecule has 2 amide bonds. The number of halogens is 2. The van der Waals surface area contributed by atoms with E-state index in [1.165, 1.54) is 0 Å². The van der Waals surface area contributed by atoms with Gasteiger partial charge < -0.3 is 16.0 Å². The van der Waals surface area contributed by atoms with Crippen molar-refractivity contribution in [3.05, 3.63) is 63.1 Å². The molecule has 5 nitrogen and oxygen atoms in total. The third-order valence-electron chi connectivity index (χ3n) is 4.44. The van der Waals surface area contributed by atoms with E-state index in [0.29, 0.717) is 40.7 Å². The lowest BCUT2D eigenvalue weighted by Gasteiger charge is -2.19. The van der Waals surface area contributed by atoms with Gasteiger partial charge in [0.2, 0.25) is 5.91 Å². The summed E-state index contributed by atoms with van der Waals surface area (Å²) in [6.07, 6.45) is 1.19. The molecule has 1 atom stereocenters. The molecule has 3 rings (SSSR count). The number of rotatable bonds is 3. The van der Waals surface area contributed by atoms with Gasteiger partial charge in [0.05, 0.1) is 6.04 Å². The van der Waals surface area contributed by atoms with Crippen LogP contribution in [0.3, 0.4) is 0 Å². The van der Waals surface area contributed by atoms with Crippen LogP contribution in [-0.2, 0) is 17.8 Å². The summed E-state index contributed by atoms with van der Waals surface area (Å²) in [5.74, 6) is -0.323. The van der Waals surface area contributed by atoms with Crippen LogP contribution >= 0.6 is 23.2 Å². The predicted molar refractivity (Wildman–Crippen MR) is 104 cm³/mol. The number of hydrogen-bond donors (Lipinski definition) is 2. The van der Waals surface area contributed by atoms with Gasteiger partial charge in [0.15, 0.2) is 0 Å². The first-order valence-electron chi connectivity index (χ1n) is 8.24. The van der Waals surface area contributed by atoms with Gasteiger partial charge in [-0.1, -0.05) is 29.3 Å². The van der Waals surface area contributed by atoms with Gasteiger partial charge in [-0.15, -0.1) is 0 Å². The molecule has 1 unspecified atom stereocenters. The van der Waals surface area contributed by atoms with Crippen LogP contribution in [0.2, 0.25) is 10.0 Å². The fourth-order valence-electron chi connectivity index (χ4n) is 2.92. The molecule has 7 heteroatoms. The van der Waals surface area contributed by atoms with Crippen molar-refractivity contribution in [2.75, 3.05) is 12.4 Å². The van der Waals surface area contributed by atoms with E-state index in [2.05, 4.69) is 5.32 Å². The summed E-state index contributed by atoms with van der Waals surface area (Å²) >= 11 is 12.1. The molecular formula is C19H19Cl2N3O2. The summed E-state index contributed by atoms with van der Waals surface area (Å²) in [6, 6.07) is 9.95. The van der Waals surface area contributed by atoms with E-state index in [9.17, 15) is 9.59 Å². The zero-order chi connectivity index (χ0) is 18.8. The van der Waals surface area contributed by atoms with E-state index in [1.807, 2.05) is 12.1 Å². The lowest BCUT2D eigenvalue weighted by molar-refractivity contribution is -0.117. The second kappa shape index (κ2) is 7.66. The molecule has 1 aliphatic heterocycles. The molecule has 3 N–H and O–H groups in total. The lowest BCUT2D eigenvalue weighted by Crippen LogP contribution is -2.34. The second-order valence-corrected chi connectivity index (χ2v) is 7.25. The summed E-state index contributed by atoms with van der Waals surface area (Å²) in [5.41, 5.74) is 8.80. The largest absolute Gasteiger partial charge is 0.337 e. The van der Waals surface area contributed by atoms with E-state index in [1.54, 1.807) is 36.2 Å². The number of carbonyl (C=O) groups excluding carboxylic acids is 2. The van der Waals surface area contributed by atoms with Crippen molar-refractivity contribution in [3.8, 4) is 0 Å². The molecule has 1 aliphatic rings. The molecule has 0 saturated heterocycles. The van der Waals surface area contributed by atoms with Crippen LogP contribution in [0.25, 0.3) is 0 Å². The first-order chi connectivity index (χ1) is 12.3. The number of fused-ring (bicyclic) bond motifs is 1. The van der Waals surface area contributed by atoms with Crippen molar-refractivity contribution < 1.29 is 9.59 Å². The van der Waals surface area contributed by atoms with Gasteiger partial charge >= 0.3 is 0 Å². The quantitative estimate of drug-likeness (QED) is 0.840. The van der Waals surface area contributed by atoms with E-state index in [0.717, 1.165) is 11.1 Å². The molecule has 0 saturated carbocycles. The van der Waals surface area contributed by atoms with Gasteiger partial charge in [-0.3, -0.25) is 9.59 Å². The summed E-state index contributed by atoms with van der Waals surface area (Å²) in [4.78, 5) is 26.2. The average Bonchev–Trinajstić information content (AvgIpc) is 2.75. The lowest BCUT2D eigenvalue weighted by atomic mass is 10.0. The van der Waals surface area contributed by atoms with E-state index >= 15 is 0 Å². The summed E-state index contributed by atoms with van der Waals surface area (Å²) in [6.45, 7) is 0.369. The maximum atomic E-state index is 12.8. The van der Waals surface area contributed by atoms with Gasteiger partial charge in [-0.2, -0.15) is 0 Å². The minimum atomic E-state index is -0.531. The third-order valence-corrected chi connectivity index (χ3v) is 5.03. The smallest absolute Gasteiger partial charge is 0.253 e. The normalized spacial score (nSPS) is 16.5. The Balaban J connectivity index is 1.78.